The van der Waals surface area contributed by atoms with Gasteiger partial charge in [0.1, 0.15) is 12.4 Å². The highest BCUT2D eigenvalue weighted by Gasteiger charge is 2.13. The quantitative estimate of drug-likeness (QED) is 0.803. The minimum Gasteiger partial charge on any atom is -0.492 e. The molecule has 0 aliphatic carbocycles. The Morgan fingerprint density at radius 3 is 2.27 bits per heavy atom. The van der Waals surface area contributed by atoms with Crippen LogP contribution in [0.5, 0.6) is 5.75 Å². The molecular formula is C19H31N2O. The summed E-state index contributed by atoms with van der Waals surface area (Å²) in [7, 11) is 2.19. The first kappa shape index (κ1) is 17.3. The average molecular weight is 303 g/mol. The standard InChI is InChI=1S/C19H31N2O/c1-19(2,3)10-9-17-5-7-18(8-6-17)22-16-15-21-13-11-20(4)12-14-21/h5-8,10H,9,11-16H2,1-4H3. The molecule has 1 aliphatic heterocycles. The molecule has 0 bridgehead atoms. The SMILES string of the molecule is CN1CCN(CCOc2ccc(C[CH]C(C)(C)C)cc2)CC1. The van der Waals surface area contributed by atoms with E-state index < -0.39 is 0 Å². The van der Waals surface area contributed by atoms with Crippen molar-refractivity contribution in [1.82, 2.24) is 9.80 Å². The van der Waals surface area contributed by atoms with Gasteiger partial charge in [-0.1, -0.05) is 32.9 Å². The highest BCUT2D eigenvalue weighted by Crippen LogP contribution is 2.21. The van der Waals surface area contributed by atoms with Gasteiger partial charge in [0.05, 0.1) is 0 Å². The Hall–Kier alpha value is -1.06. The van der Waals surface area contributed by atoms with Gasteiger partial charge in [0.15, 0.2) is 0 Å². The van der Waals surface area contributed by atoms with Crippen LogP contribution in [-0.2, 0) is 6.42 Å². The van der Waals surface area contributed by atoms with Gasteiger partial charge in [-0.3, -0.25) is 4.90 Å². The molecule has 3 heteroatoms. The Bertz CT molecular complexity index is 428. The van der Waals surface area contributed by atoms with Gasteiger partial charge >= 0.3 is 0 Å². The van der Waals surface area contributed by atoms with E-state index in [1.807, 2.05) is 0 Å². The van der Waals surface area contributed by atoms with Crippen LogP contribution in [0.4, 0.5) is 0 Å². The molecule has 0 unspecified atom stereocenters. The van der Waals surface area contributed by atoms with Crippen LogP contribution in [-0.4, -0.2) is 56.2 Å². The van der Waals surface area contributed by atoms with Crippen molar-refractivity contribution in [3.63, 3.8) is 0 Å². The van der Waals surface area contributed by atoms with Crippen molar-refractivity contribution in [3.05, 3.63) is 36.2 Å². The van der Waals surface area contributed by atoms with E-state index in [0.717, 1.165) is 38.4 Å². The molecule has 0 saturated carbocycles. The molecule has 1 radical (unpaired) electrons. The Balaban J connectivity index is 1.68. The zero-order valence-corrected chi connectivity index (χ0v) is 14.6. The first-order valence-corrected chi connectivity index (χ1v) is 8.39. The molecule has 0 aromatic heterocycles. The molecule has 1 aromatic carbocycles. The second-order valence-electron chi connectivity index (χ2n) is 7.41. The van der Waals surface area contributed by atoms with Crippen LogP contribution in [0, 0.1) is 11.8 Å². The second-order valence-corrected chi connectivity index (χ2v) is 7.41. The summed E-state index contributed by atoms with van der Waals surface area (Å²) in [5.74, 6) is 0.980. The molecule has 0 spiro atoms. The summed E-state index contributed by atoms with van der Waals surface area (Å²) < 4.78 is 5.87. The Kier molecular flexibility index (Phi) is 6.27. The summed E-state index contributed by atoms with van der Waals surface area (Å²) in [6.45, 7) is 13.2. The number of nitrogens with zero attached hydrogens (tertiary/aromatic N) is 2. The molecule has 1 heterocycles. The van der Waals surface area contributed by atoms with Crippen LogP contribution < -0.4 is 4.74 Å². The van der Waals surface area contributed by atoms with E-state index in [0.29, 0.717) is 0 Å². The Morgan fingerprint density at radius 1 is 1.05 bits per heavy atom. The molecule has 0 amide bonds. The smallest absolute Gasteiger partial charge is 0.119 e. The van der Waals surface area contributed by atoms with E-state index in [1.54, 1.807) is 0 Å². The van der Waals surface area contributed by atoms with E-state index in [2.05, 4.69) is 68.3 Å². The van der Waals surface area contributed by atoms with Gasteiger partial charge in [-0.25, -0.2) is 0 Å². The molecular weight excluding hydrogens is 272 g/mol. The summed E-state index contributed by atoms with van der Waals surface area (Å²) in [5, 5.41) is 0. The Labute approximate surface area is 136 Å². The minimum atomic E-state index is 0.275. The second kappa shape index (κ2) is 7.98. The van der Waals surface area contributed by atoms with Crippen molar-refractivity contribution < 1.29 is 4.74 Å². The van der Waals surface area contributed by atoms with Crippen molar-refractivity contribution in [2.24, 2.45) is 5.41 Å². The first-order chi connectivity index (χ1) is 10.4. The number of ether oxygens (including phenoxy) is 1. The summed E-state index contributed by atoms with van der Waals surface area (Å²) in [5.41, 5.74) is 1.62. The van der Waals surface area contributed by atoms with Crippen LogP contribution in [0.1, 0.15) is 26.3 Å². The maximum atomic E-state index is 5.87. The van der Waals surface area contributed by atoms with E-state index in [-0.39, 0.29) is 5.41 Å². The number of rotatable bonds is 6. The largest absolute Gasteiger partial charge is 0.492 e. The highest BCUT2D eigenvalue weighted by molar-refractivity contribution is 5.28. The molecule has 1 saturated heterocycles. The van der Waals surface area contributed by atoms with Crippen LogP contribution in [0.25, 0.3) is 0 Å². The van der Waals surface area contributed by atoms with Crippen molar-refractivity contribution in [2.75, 3.05) is 46.4 Å². The maximum absolute atomic E-state index is 5.87. The van der Waals surface area contributed by atoms with E-state index >= 15 is 0 Å². The molecule has 1 aromatic rings. The van der Waals surface area contributed by atoms with Gasteiger partial charge in [-0.15, -0.1) is 0 Å². The summed E-state index contributed by atoms with van der Waals surface area (Å²) in [6, 6.07) is 8.53. The molecule has 22 heavy (non-hydrogen) atoms. The topological polar surface area (TPSA) is 15.7 Å². The van der Waals surface area contributed by atoms with Gasteiger partial charge in [-0.2, -0.15) is 0 Å². The molecule has 123 valence electrons. The predicted molar refractivity (Wildman–Crippen MR) is 93.3 cm³/mol. The average Bonchev–Trinajstić information content (AvgIpc) is 2.48. The maximum Gasteiger partial charge on any atom is 0.119 e. The van der Waals surface area contributed by atoms with Crippen molar-refractivity contribution in [3.8, 4) is 5.75 Å². The predicted octanol–water partition coefficient (Wildman–Crippen LogP) is 3.11. The van der Waals surface area contributed by atoms with Crippen LogP contribution >= 0.6 is 0 Å². The van der Waals surface area contributed by atoms with Gasteiger partial charge in [-0.05, 0) is 43.0 Å². The zero-order chi connectivity index (χ0) is 16.0. The zero-order valence-electron chi connectivity index (χ0n) is 14.6. The highest BCUT2D eigenvalue weighted by atomic mass is 16.5. The fraction of sp³-hybridized carbons (Fsp3) is 0.632. The minimum absolute atomic E-state index is 0.275. The van der Waals surface area contributed by atoms with Crippen molar-refractivity contribution in [1.29, 1.82) is 0 Å². The number of likely N-dealkylation sites (N-methyl/N-ethyl adjacent to an activating group) is 1. The van der Waals surface area contributed by atoms with E-state index in [1.165, 1.54) is 18.7 Å². The van der Waals surface area contributed by atoms with E-state index in [9.17, 15) is 0 Å². The van der Waals surface area contributed by atoms with Crippen LogP contribution in [0.2, 0.25) is 0 Å². The normalized spacial score (nSPS) is 17.6. The lowest BCUT2D eigenvalue weighted by molar-refractivity contribution is 0.134. The summed E-state index contributed by atoms with van der Waals surface area (Å²) >= 11 is 0. The molecule has 0 N–H and O–H groups in total. The lowest BCUT2D eigenvalue weighted by Crippen LogP contribution is -2.45. The van der Waals surface area contributed by atoms with Crippen molar-refractivity contribution >= 4 is 0 Å². The monoisotopic (exact) mass is 303 g/mol. The van der Waals surface area contributed by atoms with Crippen LogP contribution in [0.3, 0.4) is 0 Å². The summed E-state index contributed by atoms with van der Waals surface area (Å²) in [4.78, 5) is 4.86. The third-order valence-electron chi connectivity index (χ3n) is 4.15. The molecule has 1 fully saturated rings. The molecule has 3 nitrogen and oxygen atoms in total. The van der Waals surface area contributed by atoms with Gasteiger partial charge in [0, 0.05) is 32.7 Å². The van der Waals surface area contributed by atoms with Gasteiger partial charge < -0.3 is 9.64 Å². The third-order valence-corrected chi connectivity index (χ3v) is 4.15. The Morgan fingerprint density at radius 2 is 1.68 bits per heavy atom. The van der Waals surface area contributed by atoms with E-state index in [4.69, 9.17) is 4.74 Å². The summed E-state index contributed by atoms with van der Waals surface area (Å²) in [6.07, 6.45) is 3.38. The number of piperazine rings is 1. The third kappa shape index (κ3) is 6.37. The lowest BCUT2D eigenvalue weighted by atomic mass is 9.89. The van der Waals surface area contributed by atoms with Gasteiger partial charge in [0.2, 0.25) is 0 Å². The van der Waals surface area contributed by atoms with Crippen molar-refractivity contribution in [2.45, 2.75) is 27.2 Å². The number of hydrogen-bond donors (Lipinski definition) is 0. The number of hydrogen-bond acceptors (Lipinski definition) is 3. The fourth-order valence-corrected chi connectivity index (χ4v) is 2.51. The first-order valence-electron chi connectivity index (χ1n) is 8.39. The van der Waals surface area contributed by atoms with Gasteiger partial charge in [0.25, 0.3) is 0 Å². The van der Waals surface area contributed by atoms with Crippen LogP contribution in [0.15, 0.2) is 24.3 Å². The fourth-order valence-electron chi connectivity index (χ4n) is 2.51. The molecule has 0 atom stereocenters. The number of benzene rings is 1. The lowest BCUT2D eigenvalue weighted by Gasteiger charge is -2.32. The molecule has 2 rings (SSSR count). The molecule has 1 aliphatic rings.